The van der Waals surface area contributed by atoms with E-state index in [-0.39, 0.29) is 0 Å². The molecule has 0 fully saturated rings. The van der Waals surface area contributed by atoms with Gasteiger partial charge in [0, 0.05) is 29.0 Å². The van der Waals surface area contributed by atoms with Crippen LogP contribution in [-0.4, -0.2) is 31.8 Å². The third-order valence-electron chi connectivity index (χ3n) is 5.41. The van der Waals surface area contributed by atoms with Gasteiger partial charge in [0.15, 0.2) is 18.9 Å². The summed E-state index contributed by atoms with van der Waals surface area (Å²) in [6.07, 6.45) is 10.8. The molecule has 0 radical (unpaired) electrons. The molecule has 0 bridgehead atoms. The Balaban J connectivity index is 2.07. The summed E-state index contributed by atoms with van der Waals surface area (Å²) in [7, 11) is 4.93. The second-order valence-electron chi connectivity index (χ2n) is 7.15. The molecule has 5 heteroatoms. The molecule has 0 saturated heterocycles. The zero-order valence-corrected chi connectivity index (χ0v) is 19.3. The number of hydrogen-bond donors (Lipinski definition) is 0. The van der Waals surface area contributed by atoms with Gasteiger partial charge >= 0.3 is 0 Å². The van der Waals surface area contributed by atoms with E-state index >= 15 is 0 Å². The summed E-state index contributed by atoms with van der Waals surface area (Å²) in [5, 5.41) is 0. The normalized spacial score (nSPS) is 11.7. The second-order valence-corrected chi connectivity index (χ2v) is 8.84. The predicted molar refractivity (Wildman–Crippen MR) is 123 cm³/mol. The van der Waals surface area contributed by atoms with E-state index < -0.39 is 0 Å². The average molecular weight is 417 g/mol. The largest absolute Gasteiger partial charge is 0.496 e. The number of pyridine rings is 1. The molecule has 0 aliphatic carbocycles. The Morgan fingerprint density at radius 2 is 1.52 bits per heavy atom. The summed E-state index contributed by atoms with van der Waals surface area (Å²) in [5.74, 6) is 3.26. The summed E-state index contributed by atoms with van der Waals surface area (Å²) in [6, 6.07) is 7.98. The first-order chi connectivity index (χ1) is 14.0. The first-order valence-electron chi connectivity index (χ1n) is 10.1. The summed E-state index contributed by atoms with van der Waals surface area (Å²) in [5.41, 5.74) is 2.02. The van der Waals surface area contributed by atoms with Crippen LogP contribution in [-0.2, 0) is 6.54 Å². The van der Waals surface area contributed by atoms with E-state index in [0.717, 1.165) is 34.9 Å². The molecule has 0 spiro atoms. The van der Waals surface area contributed by atoms with E-state index in [9.17, 15) is 0 Å². The van der Waals surface area contributed by atoms with Crippen LogP contribution in [0.25, 0.3) is 12.2 Å². The SMILES string of the molecule is CCC(C)(CC)SCC[n+]1ccc(C=Cc2c(OC)cc(OC)cc2OC)cc1. The molecule has 4 nitrogen and oxygen atoms in total. The molecule has 29 heavy (non-hydrogen) atoms. The van der Waals surface area contributed by atoms with Crippen LogP contribution < -0.4 is 18.8 Å². The van der Waals surface area contributed by atoms with Crippen molar-refractivity contribution in [2.24, 2.45) is 0 Å². The van der Waals surface area contributed by atoms with Gasteiger partial charge in [-0.1, -0.05) is 26.8 Å². The quantitative estimate of drug-likeness (QED) is 0.454. The number of methoxy groups -OCH3 is 3. The fraction of sp³-hybridized carbons (Fsp3) is 0.458. The van der Waals surface area contributed by atoms with Crippen molar-refractivity contribution in [2.45, 2.75) is 44.9 Å². The molecule has 0 amide bonds. The fourth-order valence-corrected chi connectivity index (χ4v) is 4.16. The average Bonchev–Trinajstić information content (AvgIpc) is 2.77. The number of rotatable bonds is 11. The molecule has 2 aromatic rings. The molecule has 1 heterocycles. The van der Waals surface area contributed by atoms with Gasteiger partial charge in [-0.05, 0) is 24.5 Å². The van der Waals surface area contributed by atoms with Crippen LogP contribution in [0.5, 0.6) is 17.2 Å². The molecule has 0 N–H and O–H groups in total. The highest BCUT2D eigenvalue weighted by Crippen LogP contribution is 2.35. The number of ether oxygens (including phenoxy) is 3. The van der Waals surface area contributed by atoms with Crippen molar-refractivity contribution in [2.75, 3.05) is 27.1 Å². The van der Waals surface area contributed by atoms with Crippen LogP contribution in [0.4, 0.5) is 0 Å². The van der Waals surface area contributed by atoms with Gasteiger partial charge in [0.2, 0.25) is 0 Å². The molecule has 158 valence electrons. The Kier molecular flexibility index (Phi) is 8.90. The molecular weight excluding hydrogens is 382 g/mol. The van der Waals surface area contributed by atoms with E-state index in [1.807, 2.05) is 18.2 Å². The van der Waals surface area contributed by atoms with Gasteiger partial charge < -0.3 is 14.2 Å². The minimum Gasteiger partial charge on any atom is -0.496 e. The Hall–Kier alpha value is -2.14. The van der Waals surface area contributed by atoms with E-state index in [0.29, 0.717) is 10.5 Å². The first-order valence-corrected chi connectivity index (χ1v) is 11.1. The van der Waals surface area contributed by atoms with Crippen LogP contribution in [0.2, 0.25) is 0 Å². The zero-order chi connectivity index (χ0) is 21.3. The van der Waals surface area contributed by atoms with Crippen LogP contribution in [0.3, 0.4) is 0 Å². The van der Waals surface area contributed by atoms with Gasteiger partial charge in [0.25, 0.3) is 0 Å². The summed E-state index contributed by atoms with van der Waals surface area (Å²) in [4.78, 5) is 0. The molecule has 0 aliphatic rings. The van der Waals surface area contributed by atoms with Crippen LogP contribution >= 0.6 is 11.8 Å². The molecule has 2 rings (SSSR count). The lowest BCUT2D eigenvalue weighted by molar-refractivity contribution is -0.692. The van der Waals surface area contributed by atoms with Crippen molar-refractivity contribution in [1.29, 1.82) is 0 Å². The highest BCUT2D eigenvalue weighted by molar-refractivity contribution is 8.00. The topological polar surface area (TPSA) is 31.6 Å². The third-order valence-corrected chi connectivity index (χ3v) is 7.07. The van der Waals surface area contributed by atoms with E-state index in [1.54, 1.807) is 21.3 Å². The maximum absolute atomic E-state index is 5.51. The number of aryl methyl sites for hydroxylation is 1. The van der Waals surface area contributed by atoms with Crippen LogP contribution in [0, 0.1) is 0 Å². The van der Waals surface area contributed by atoms with Crippen molar-refractivity contribution in [3.63, 3.8) is 0 Å². The highest BCUT2D eigenvalue weighted by Gasteiger charge is 2.20. The van der Waals surface area contributed by atoms with Gasteiger partial charge in [0.1, 0.15) is 17.2 Å². The van der Waals surface area contributed by atoms with E-state index in [1.165, 1.54) is 12.8 Å². The zero-order valence-electron chi connectivity index (χ0n) is 18.5. The maximum atomic E-state index is 5.51. The molecule has 1 aromatic carbocycles. The summed E-state index contributed by atoms with van der Waals surface area (Å²) < 4.78 is 19.0. The standard InChI is InChI=1S/C24H34NO3S/c1-7-24(3,8-2)29-16-15-25-13-11-19(12-14-25)9-10-21-22(27-5)17-20(26-4)18-23(21)28-6/h9-14,17-18H,7-8,15-16H2,1-6H3/q+1. The number of hydrogen-bond acceptors (Lipinski definition) is 4. The third kappa shape index (κ3) is 6.43. The molecular formula is C24H34NO3S+. The summed E-state index contributed by atoms with van der Waals surface area (Å²) in [6.45, 7) is 7.93. The highest BCUT2D eigenvalue weighted by atomic mass is 32.2. The molecule has 0 saturated carbocycles. The number of aromatic nitrogens is 1. The first kappa shape index (κ1) is 23.1. The van der Waals surface area contributed by atoms with Crippen molar-refractivity contribution in [3.05, 3.63) is 47.8 Å². The fourth-order valence-electron chi connectivity index (χ4n) is 2.96. The van der Waals surface area contributed by atoms with Crippen LogP contribution in [0.1, 0.15) is 44.7 Å². The van der Waals surface area contributed by atoms with Crippen molar-refractivity contribution in [3.8, 4) is 17.2 Å². The van der Waals surface area contributed by atoms with Crippen molar-refractivity contribution >= 4 is 23.9 Å². The minimum absolute atomic E-state index is 0.389. The number of nitrogens with zero attached hydrogens (tertiary/aromatic N) is 1. The summed E-state index contributed by atoms with van der Waals surface area (Å²) >= 11 is 2.07. The molecule has 0 aliphatic heterocycles. The van der Waals surface area contributed by atoms with Crippen molar-refractivity contribution in [1.82, 2.24) is 0 Å². The van der Waals surface area contributed by atoms with Gasteiger partial charge in [-0.2, -0.15) is 0 Å². The van der Waals surface area contributed by atoms with Crippen LogP contribution in [0.15, 0.2) is 36.7 Å². The predicted octanol–water partition coefficient (Wildman–Crippen LogP) is 5.48. The second kappa shape index (κ2) is 11.1. The maximum Gasteiger partial charge on any atom is 0.169 e. The monoisotopic (exact) mass is 416 g/mol. The lowest BCUT2D eigenvalue weighted by Crippen LogP contribution is -2.34. The smallest absolute Gasteiger partial charge is 0.169 e. The number of benzene rings is 1. The lowest BCUT2D eigenvalue weighted by atomic mass is 10.1. The minimum atomic E-state index is 0.389. The van der Waals surface area contributed by atoms with Gasteiger partial charge in [-0.3, -0.25) is 0 Å². The number of thioether (sulfide) groups is 1. The molecule has 1 aromatic heterocycles. The van der Waals surface area contributed by atoms with Gasteiger partial charge in [-0.15, -0.1) is 11.8 Å². The molecule has 0 atom stereocenters. The Morgan fingerprint density at radius 3 is 2.00 bits per heavy atom. The van der Waals surface area contributed by atoms with Gasteiger partial charge in [-0.25, -0.2) is 4.57 Å². The lowest BCUT2D eigenvalue weighted by Gasteiger charge is -2.25. The van der Waals surface area contributed by atoms with Crippen molar-refractivity contribution < 1.29 is 18.8 Å². The van der Waals surface area contributed by atoms with E-state index in [2.05, 4.69) is 67.7 Å². The van der Waals surface area contributed by atoms with Gasteiger partial charge in [0.05, 0.1) is 32.6 Å². The Bertz CT molecular complexity index is 773. The Morgan fingerprint density at radius 1 is 0.931 bits per heavy atom. The van der Waals surface area contributed by atoms with E-state index in [4.69, 9.17) is 14.2 Å². The molecule has 0 unspecified atom stereocenters. The Labute approximate surface area is 179 Å².